The number of benzene rings is 1. The molecule has 1 aromatic carbocycles. The van der Waals surface area contributed by atoms with E-state index in [2.05, 4.69) is 5.32 Å². The van der Waals surface area contributed by atoms with E-state index in [4.69, 9.17) is 15.2 Å². The summed E-state index contributed by atoms with van der Waals surface area (Å²) in [5, 5.41) is 2.78. The number of methoxy groups -OCH3 is 1. The van der Waals surface area contributed by atoms with Crippen LogP contribution in [0, 0.1) is 5.92 Å². The van der Waals surface area contributed by atoms with E-state index in [0.29, 0.717) is 23.7 Å². The Labute approximate surface area is 125 Å². The number of nitrogens with two attached hydrogens (primary N) is 1. The predicted molar refractivity (Wildman–Crippen MR) is 83.4 cm³/mol. The van der Waals surface area contributed by atoms with Crippen LogP contribution in [0.2, 0.25) is 0 Å². The molecule has 2 rings (SSSR count). The zero-order valence-electron chi connectivity index (χ0n) is 12.7. The van der Waals surface area contributed by atoms with Gasteiger partial charge in [-0.25, -0.2) is 0 Å². The molecule has 0 bridgehead atoms. The summed E-state index contributed by atoms with van der Waals surface area (Å²) in [4.78, 5) is 12.1. The molecule has 0 aliphatic heterocycles. The second-order valence-corrected chi connectivity index (χ2v) is 5.54. The standard InChI is InChI=1S/C16H24N2O3/c1-11(21-9-8-12-4-3-5-12)16(19)18-15-7-6-13(20-2)10-14(15)17/h6-7,10-12H,3-5,8-9,17H2,1-2H3,(H,18,19). The Kier molecular flexibility index (Phi) is 5.44. The van der Waals surface area contributed by atoms with E-state index < -0.39 is 6.10 Å². The van der Waals surface area contributed by atoms with E-state index in [1.807, 2.05) is 0 Å². The summed E-state index contributed by atoms with van der Waals surface area (Å²) in [6, 6.07) is 5.17. The molecular weight excluding hydrogens is 268 g/mol. The molecule has 1 unspecified atom stereocenters. The molecule has 1 fully saturated rings. The molecule has 0 heterocycles. The van der Waals surface area contributed by atoms with Crippen molar-refractivity contribution in [2.45, 2.75) is 38.7 Å². The fourth-order valence-corrected chi connectivity index (χ4v) is 2.28. The first kappa shape index (κ1) is 15.6. The zero-order valence-corrected chi connectivity index (χ0v) is 12.7. The molecule has 3 N–H and O–H groups in total. The Morgan fingerprint density at radius 3 is 2.81 bits per heavy atom. The van der Waals surface area contributed by atoms with Crippen LogP contribution < -0.4 is 15.8 Å². The Morgan fingerprint density at radius 1 is 1.48 bits per heavy atom. The Morgan fingerprint density at radius 2 is 2.24 bits per heavy atom. The van der Waals surface area contributed by atoms with Crippen molar-refractivity contribution in [3.63, 3.8) is 0 Å². The fraction of sp³-hybridized carbons (Fsp3) is 0.562. The number of carbonyl (C=O) groups excluding carboxylic acids is 1. The van der Waals surface area contributed by atoms with Crippen LogP contribution in [0.3, 0.4) is 0 Å². The van der Waals surface area contributed by atoms with Gasteiger partial charge in [-0.1, -0.05) is 19.3 Å². The third-order valence-corrected chi connectivity index (χ3v) is 4.00. The number of hydrogen-bond acceptors (Lipinski definition) is 4. The summed E-state index contributed by atoms with van der Waals surface area (Å²) in [6.07, 6.45) is 4.49. The molecule has 1 aliphatic carbocycles. The summed E-state index contributed by atoms with van der Waals surface area (Å²) in [6.45, 7) is 2.40. The minimum atomic E-state index is -0.480. The van der Waals surface area contributed by atoms with Crippen molar-refractivity contribution in [3.05, 3.63) is 18.2 Å². The van der Waals surface area contributed by atoms with Gasteiger partial charge in [0.2, 0.25) is 0 Å². The van der Waals surface area contributed by atoms with E-state index in [-0.39, 0.29) is 5.91 Å². The Bertz CT molecular complexity index is 486. The Hall–Kier alpha value is -1.75. The first-order valence-electron chi connectivity index (χ1n) is 7.46. The number of ether oxygens (including phenoxy) is 2. The van der Waals surface area contributed by atoms with Crippen molar-refractivity contribution in [2.24, 2.45) is 5.92 Å². The van der Waals surface area contributed by atoms with Gasteiger partial charge in [-0.05, 0) is 31.4 Å². The van der Waals surface area contributed by atoms with Crippen LogP contribution in [0.5, 0.6) is 5.75 Å². The average molecular weight is 292 g/mol. The molecule has 1 aromatic rings. The molecule has 0 aromatic heterocycles. The minimum absolute atomic E-state index is 0.180. The van der Waals surface area contributed by atoms with Gasteiger partial charge in [0.05, 0.1) is 18.5 Å². The lowest BCUT2D eigenvalue weighted by Crippen LogP contribution is -2.29. The van der Waals surface area contributed by atoms with Crippen LogP contribution in [0.4, 0.5) is 11.4 Å². The van der Waals surface area contributed by atoms with Crippen molar-refractivity contribution in [1.82, 2.24) is 0 Å². The van der Waals surface area contributed by atoms with Gasteiger partial charge in [-0.15, -0.1) is 0 Å². The molecule has 1 aliphatic rings. The largest absolute Gasteiger partial charge is 0.497 e. The van der Waals surface area contributed by atoms with Gasteiger partial charge < -0.3 is 20.5 Å². The number of nitrogens with one attached hydrogen (secondary N) is 1. The predicted octanol–water partition coefficient (Wildman–Crippen LogP) is 2.81. The number of hydrogen-bond donors (Lipinski definition) is 2. The first-order chi connectivity index (χ1) is 10.1. The second kappa shape index (κ2) is 7.31. The third kappa shape index (κ3) is 4.36. The van der Waals surface area contributed by atoms with Gasteiger partial charge >= 0.3 is 0 Å². The Balaban J connectivity index is 1.79. The van der Waals surface area contributed by atoms with Gasteiger partial charge in [0, 0.05) is 12.7 Å². The lowest BCUT2D eigenvalue weighted by atomic mass is 9.83. The van der Waals surface area contributed by atoms with Gasteiger partial charge in [0.25, 0.3) is 5.91 Å². The highest BCUT2D eigenvalue weighted by Gasteiger charge is 2.19. The number of carbonyl (C=O) groups is 1. The molecule has 21 heavy (non-hydrogen) atoms. The lowest BCUT2D eigenvalue weighted by Gasteiger charge is -2.25. The molecular formula is C16H24N2O3. The highest BCUT2D eigenvalue weighted by Crippen LogP contribution is 2.29. The maximum absolute atomic E-state index is 12.1. The number of amides is 1. The van der Waals surface area contributed by atoms with Crippen molar-refractivity contribution in [3.8, 4) is 5.75 Å². The second-order valence-electron chi connectivity index (χ2n) is 5.54. The number of nitrogen functional groups attached to an aromatic ring is 1. The first-order valence-corrected chi connectivity index (χ1v) is 7.46. The topological polar surface area (TPSA) is 73.6 Å². The SMILES string of the molecule is COc1ccc(NC(=O)C(C)OCCC2CCC2)c(N)c1. The normalized spacial score (nSPS) is 16.1. The number of anilines is 2. The molecule has 0 radical (unpaired) electrons. The van der Waals surface area contributed by atoms with Gasteiger partial charge in [-0.2, -0.15) is 0 Å². The monoisotopic (exact) mass is 292 g/mol. The summed E-state index contributed by atoms with van der Waals surface area (Å²) < 4.78 is 10.7. The zero-order chi connectivity index (χ0) is 15.2. The lowest BCUT2D eigenvalue weighted by molar-refractivity contribution is -0.126. The third-order valence-electron chi connectivity index (χ3n) is 4.00. The van der Waals surface area contributed by atoms with Crippen LogP contribution >= 0.6 is 0 Å². The molecule has 1 atom stereocenters. The quantitative estimate of drug-likeness (QED) is 0.758. The maximum atomic E-state index is 12.1. The summed E-state index contributed by atoms with van der Waals surface area (Å²) in [7, 11) is 1.57. The van der Waals surface area contributed by atoms with Gasteiger partial charge in [0.1, 0.15) is 11.9 Å². The van der Waals surface area contributed by atoms with Crippen molar-refractivity contribution >= 4 is 17.3 Å². The van der Waals surface area contributed by atoms with Crippen molar-refractivity contribution < 1.29 is 14.3 Å². The van der Waals surface area contributed by atoms with E-state index in [0.717, 1.165) is 12.3 Å². The van der Waals surface area contributed by atoms with Crippen molar-refractivity contribution in [1.29, 1.82) is 0 Å². The molecule has 0 saturated heterocycles. The summed E-state index contributed by atoms with van der Waals surface area (Å²) in [5.74, 6) is 1.27. The minimum Gasteiger partial charge on any atom is -0.497 e. The molecule has 1 amide bonds. The highest BCUT2D eigenvalue weighted by atomic mass is 16.5. The van der Waals surface area contributed by atoms with Crippen LogP contribution in [0.1, 0.15) is 32.6 Å². The highest BCUT2D eigenvalue weighted by molar-refractivity contribution is 5.96. The van der Waals surface area contributed by atoms with E-state index in [1.54, 1.807) is 32.2 Å². The smallest absolute Gasteiger partial charge is 0.253 e. The fourth-order valence-electron chi connectivity index (χ4n) is 2.28. The van der Waals surface area contributed by atoms with Crippen LogP contribution in [-0.2, 0) is 9.53 Å². The molecule has 5 heteroatoms. The van der Waals surface area contributed by atoms with E-state index in [1.165, 1.54) is 19.3 Å². The number of rotatable bonds is 7. The maximum Gasteiger partial charge on any atom is 0.253 e. The van der Waals surface area contributed by atoms with E-state index >= 15 is 0 Å². The van der Waals surface area contributed by atoms with Crippen LogP contribution in [0.15, 0.2) is 18.2 Å². The van der Waals surface area contributed by atoms with E-state index in [9.17, 15) is 4.79 Å². The molecule has 116 valence electrons. The van der Waals surface area contributed by atoms with Gasteiger partial charge in [0.15, 0.2) is 0 Å². The average Bonchev–Trinajstić information content (AvgIpc) is 2.43. The van der Waals surface area contributed by atoms with Crippen molar-refractivity contribution in [2.75, 3.05) is 24.8 Å². The summed E-state index contributed by atoms with van der Waals surface area (Å²) in [5.41, 5.74) is 6.93. The van der Waals surface area contributed by atoms with Gasteiger partial charge in [-0.3, -0.25) is 4.79 Å². The van der Waals surface area contributed by atoms with Crippen LogP contribution in [0.25, 0.3) is 0 Å². The molecule has 1 saturated carbocycles. The molecule has 0 spiro atoms. The molecule has 5 nitrogen and oxygen atoms in total. The van der Waals surface area contributed by atoms with Crippen LogP contribution in [-0.4, -0.2) is 25.7 Å². The summed E-state index contributed by atoms with van der Waals surface area (Å²) >= 11 is 0.